The van der Waals surface area contributed by atoms with Crippen LogP contribution in [0.25, 0.3) is 0 Å². The van der Waals surface area contributed by atoms with E-state index < -0.39 is 63.8 Å². The lowest BCUT2D eigenvalue weighted by Crippen LogP contribution is -2.44. The highest BCUT2D eigenvalue weighted by atomic mass is 32.2. The van der Waals surface area contributed by atoms with Crippen molar-refractivity contribution in [3.8, 4) is 0 Å². The van der Waals surface area contributed by atoms with E-state index in [0.29, 0.717) is 30.6 Å². The Balaban J connectivity index is 1.70. The lowest BCUT2D eigenvalue weighted by Gasteiger charge is -2.27. The zero-order valence-electron chi connectivity index (χ0n) is 23.9. The van der Waals surface area contributed by atoms with Crippen LogP contribution in [0.5, 0.6) is 0 Å². The molecule has 1 fully saturated rings. The van der Waals surface area contributed by atoms with E-state index in [-0.39, 0.29) is 17.2 Å². The third-order valence-corrected chi connectivity index (χ3v) is 9.07. The number of hydrogen-bond acceptors (Lipinski definition) is 5. The van der Waals surface area contributed by atoms with E-state index in [1.54, 1.807) is 20.8 Å². The number of halogens is 5. The predicted molar refractivity (Wildman–Crippen MR) is 152 cm³/mol. The summed E-state index contributed by atoms with van der Waals surface area (Å²) in [6.07, 6.45) is -1.98. The number of unbranched alkanes of at least 4 members (excludes halogenated alkanes) is 6. The van der Waals surface area contributed by atoms with Gasteiger partial charge in [0.25, 0.3) is 16.1 Å². The van der Waals surface area contributed by atoms with Crippen LogP contribution < -0.4 is 14.8 Å². The fraction of sp³-hybridized carbons (Fsp3) is 0.692. The van der Waals surface area contributed by atoms with Gasteiger partial charge in [0.05, 0.1) is 11.4 Å². The largest absolute Gasteiger partial charge is 0.616 e. The lowest BCUT2D eigenvalue weighted by molar-refractivity contribution is -0.284. The molecule has 1 atom stereocenters. The Labute approximate surface area is 246 Å². The normalized spacial score (nSPS) is 16.8. The Bertz CT molecular complexity index is 1200. The van der Waals surface area contributed by atoms with Crippen LogP contribution in [0.2, 0.25) is 0 Å². The molecule has 16 heteroatoms. The van der Waals surface area contributed by atoms with Crippen molar-refractivity contribution in [3.05, 3.63) is 23.8 Å². The number of imide groups is 1. The molecule has 0 aliphatic carbocycles. The highest BCUT2D eigenvalue weighted by Gasteiger charge is 2.56. The highest BCUT2D eigenvalue weighted by molar-refractivity contribution is 7.91. The molecular weight excluding hydrogens is 607 g/mol. The Hall–Kier alpha value is -2.17. The minimum Gasteiger partial charge on any atom is -0.616 e. The molecule has 1 aliphatic heterocycles. The number of aryl methyl sites for hydroxylation is 1. The lowest BCUT2D eigenvalue weighted by atomic mass is 10.0. The van der Waals surface area contributed by atoms with Crippen LogP contribution in [0.1, 0.15) is 77.2 Å². The molecule has 0 aromatic heterocycles. The van der Waals surface area contributed by atoms with Crippen LogP contribution in [0, 0.1) is 6.92 Å². The molecule has 240 valence electrons. The number of hydrogen-bond donors (Lipinski definition) is 2. The van der Waals surface area contributed by atoms with Crippen LogP contribution in [0.3, 0.4) is 0 Å². The quantitative estimate of drug-likeness (QED) is 0.0981. The van der Waals surface area contributed by atoms with Crippen molar-refractivity contribution in [1.29, 1.82) is 0 Å². The number of anilines is 2. The summed E-state index contributed by atoms with van der Waals surface area (Å²) in [5, 5.41) is 5.02. The molecule has 1 unspecified atom stereocenters. The zero-order valence-corrected chi connectivity index (χ0v) is 25.6. The summed E-state index contributed by atoms with van der Waals surface area (Å²) in [5.41, 5.74) is -0.0359. The molecule has 1 aliphatic rings. The van der Waals surface area contributed by atoms with E-state index in [1.807, 2.05) is 0 Å². The summed E-state index contributed by atoms with van der Waals surface area (Å²) in [7, 11) is -3.98. The van der Waals surface area contributed by atoms with Gasteiger partial charge in [0.15, 0.2) is 0 Å². The van der Waals surface area contributed by atoms with Gasteiger partial charge in [-0.25, -0.2) is 14.8 Å². The molecule has 0 bridgehead atoms. The van der Waals surface area contributed by atoms with Gasteiger partial charge in [-0.1, -0.05) is 36.9 Å². The molecular formula is C26H39F5N4O5S2. The first kappa shape index (κ1) is 36.0. The zero-order chi connectivity index (χ0) is 31.9. The first-order chi connectivity index (χ1) is 19.3. The number of rotatable bonds is 17. The van der Waals surface area contributed by atoms with Gasteiger partial charge in [-0.2, -0.15) is 30.4 Å². The van der Waals surface area contributed by atoms with Crippen LogP contribution in [-0.2, 0) is 26.2 Å². The molecule has 0 radical (unpaired) electrons. The monoisotopic (exact) mass is 646 g/mol. The van der Waals surface area contributed by atoms with Crippen LogP contribution in [0.4, 0.5) is 38.1 Å². The second kappa shape index (κ2) is 14.5. The van der Waals surface area contributed by atoms with Crippen molar-refractivity contribution in [2.24, 2.45) is 5.14 Å². The topological polar surface area (TPSA) is 136 Å². The number of nitrogens with one attached hydrogen (secondary N) is 1. The van der Waals surface area contributed by atoms with E-state index in [4.69, 9.17) is 5.14 Å². The molecule has 9 nitrogen and oxygen atoms in total. The van der Waals surface area contributed by atoms with E-state index in [2.05, 4.69) is 4.72 Å². The van der Waals surface area contributed by atoms with Crippen molar-refractivity contribution in [1.82, 2.24) is 4.90 Å². The number of amides is 3. The number of nitrogens with two attached hydrogens (primary N) is 1. The number of nitrogens with zero attached hydrogens (tertiary/aromatic N) is 2. The van der Waals surface area contributed by atoms with Crippen molar-refractivity contribution < 1.29 is 44.5 Å². The standard InChI is InChI=1S/C26H39F5N4O5S2/c1-19-18-20(12-13-21(19)33-42(32,39)40)35-22(36)24(2,3)34(23(35)37)15-9-7-5-4-6-8-10-16-41(38)17-11-14-25(27,28)26(29,30)31/h12-13,18,33H,4-11,14-17H2,1-3H3,(H2,32,39,40). The van der Waals surface area contributed by atoms with Crippen molar-refractivity contribution in [2.45, 2.75) is 96.2 Å². The van der Waals surface area contributed by atoms with Gasteiger partial charge in [-0.3, -0.25) is 9.52 Å². The fourth-order valence-electron chi connectivity index (χ4n) is 4.61. The Morgan fingerprint density at radius 3 is 2.05 bits per heavy atom. The van der Waals surface area contributed by atoms with Gasteiger partial charge in [0.2, 0.25) is 0 Å². The van der Waals surface area contributed by atoms with Crippen molar-refractivity contribution in [2.75, 3.05) is 27.7 Å². The molecule has 0 spiro atoms. The van der Waals surface area contributed by atoms with E-state index in [9.17, 15) is 44.5 Å². The SMILES string of the molecule is Cc1cc(N2C(=O)N(CCCCCCCCC[S+]([O-])CCCC(F)(F)C(F)(F)F)C(C)(C)C2=O)ccc1NS(N)(=O)=O. The summed E-state index contributed by atoms with van der Waals surface area (Å²) in [4.78, 5) is 28.9. The summed E-state index contributed by atoms with van der Waals surface area (Å²) in [6, 6.07) is 3.97. The smallest absolute Gasteiger partial charge is 0.453 e. The first-order valence-corrected chi connectivity index (χ1v) is 16.7. The summed E-state index contributed by atoms with van der Waals surface area (Å²) < 4.78 is 99.0. The van der Waals surface area contributed by atoms with E-state index in [1.165, 1.54) is 23.1 Å². The summed E-state index contributed by atoms with van der Waals surface area (Å²) in [5.74, 6) is -5.07. The van der Waals surface area contributed by atoms with Gasteiger partial charge in [0.1, 0.15) is 17.0 Å². The van der Waals surface area contributed by atoms with Crippen molar-refractivity contribution >= 4 is 44.7 Å². The number of benzene rings is 1. The number of urea groups is 1. The van der Waals surface area contributed by atoms with Gasteiger partial charge in [0, 0.05) is 13.0 Å². The fourth-order valence-corrected chi connectivity index (χ4v) is 6.34. The van der Waals surface area contributed by atoms with Crippen LogP contribution in [-0.4, -0.2) is 65.5 Å². The number of carbonyl (C=O) groups is 2. The van der Waals surface area contributed by atoms with Crippen LogP contribution in [0.15, 0.2) is 18.2 Å². The third-order valence-electron chi connectivity index (χ3n) is 7.08. The number of alkyl halides is 5. The Morgan fingerprint density at radius 1 is 0.952 bits per heavy atom. The van der Waals surface area contributed by atoms with Gasteiger partial charge >= 0.3 is 18.1 Å². The first-order valence-electron chi connectivity index (χ1n) is 13.6. The Morgan fingerprint density at radius 2 is 1.50 bits per heavy atom. The second-order valence-electron chi connectivity index (χ2n) is 10.9. The molecule has 1 saturated heterocycles. The molecule has 42 heavy (non-hydrogen) atoms. The minimum absolute atomic E-state index is 0.183. The third kappa shape index (κ3) is 9.95. The molecule has 2 rings (SSSR count). The van der Waals surface area contributed by atoms with E-state index in [0.717, 1.165) is 37.0 Å². The molecule has 1 aromatic rings. The molecule has 1 heterocycles. The maximum atomic E-state index is 13.2. The van der Waals surface area contributed by atoms with Crippen LogP contribution >= 0.6 is 0 Å². The Kier molecular flexibility index (Phi) is 12.5. The van der Waals surface area contributed by atoms with Gasteiger partial charge < -0.3 is 9.45 Å². The van der Waals surface area contributed by atoms with Gasteiger partial charge in [-0.05, 0) is 70.2 Å². The van der Waals surface area contributed by atoms with E-state index >= 15 is 0 Å². The second-order valence-corrected chi connectivity index (χ2v) is 13.9. The number of carbonyl (C=O) groups excluding carboxylic acids is 2. The van der Waals surface area contributed by atoms with Gasteiger partial charge in [-0.15, -0.1) is 0 Å². The average Bonchev–Trinajstić information content (AvgIpc) is 3.01. The highest BCUT2D eigenvalue weighted by Crippen LogP contribution is 2.39. The predicted octanol–water partition coefficient (Wildman–Crippen LogP) is 5.61. The maximum Gasteiger partial charge on any atom is 0.453 e. The molecule has 3 N–H and O–H groups in total. The molecule has 3 amide bonds. The summed E-state index contributed by atoms with van der Waals surface area (Å²) >= 11 is -1.43. The summed E-state index contributed by atoms with van der Waals surface area (Å²) in [6.45, 7) is 5.33. The molecule has 0 saturated carbocycles. The van der Waals surface area contributed by atoms with Crippen molar-refractivity contribution in [3.63, 3.8) is 0 Å². The minimum atomic E-state index is -5.59. The maximum absolute atomic E-state index is 13.2. The average molecular weight is 647 g/mol. The molecule has 1 aromatic carbocycles.